The van der Waals surface area contributed by atoms with Crippen LogP contribution in [0.3, 0.4) is 0 Å². The van der Waals surface area contributed by atoms with E-state index in [1.807, 2.05) is 0 Å². The van der Waals surface area contributed by atoms with Gasteiger partial charge in [0.1, 0.15) is 5.75 Å². The van der Waals surface area contributed by atoms with E-state index in [2.05, 4.69) is 53.0 Å². The first-order chi connectivity index (χ1) is 17.1. The largest absolute Gasteiger partial charge is 0.492 e. The van der Waals surface area contributed by atoms with Crippen LogP contribution in [-0.2, 0) is 0 Å². The summed E-state index contributed by atoms with van der Waals surface area (Å²) in [5.74, 6) is -0.518. The molecule has 1 saturated carbocycles. The third-order valence-corrected chi connectivity index (χ3v) is 7.46. The molecule has 182 valence electrons. The van der Waals surface area contributed by atoms with Crippen LogP contribution in [0.15, 0.2) is 41.0 Å². The molecule has 1 aliphatic heterocycles. The highest BCUT2D eigenvalue weighted by molar-refractivity contribution is 9.10. The summed E-state index contributed by atoms with van der Waals surface area (Å²) in [5, 5.41) is 13.6. The number of ether oxygens (including phenoxy) is 1. The number of halogens is 3. The summed E-state index contributed by atoms with van der Waals surface area (Å²) in [6.45, 7) is 4.07. The van der Waals surface area contributed by atoms with Gasteiger partial charge in [-0.1, -0.05) is 0 Å². The van der Waals surface area contributed by atoms with Gasteiger partial charge in [0.2, 0.25) is 0 Å². The summed E-state index contributed by atoms with van der Waals surface area (Å²) >= 11 is 3.71. The zero-order valence-corrected chi connectivity index (χ0v) is 20.8. The first kappa shape index (κ1) is 22.7. The van der Waals surface area contributed by atoms with Crippen LogP contribution in [0.25, 0.3) is 21.8 Å². The number of benzene rings is 2. The number of fused-ring (bicyclic) bond motifs is 3. The topological polar surface area (TPSA) is 55.2 Å². The highest BCUT2D eigenvalue weighted by atomic mass is 79.9. The second kappa shape index (κ2) is 9.35. The van der Waals surface area contributed by atoms with Crippen molar-refractivity contribution in [1.82, 2.24) is 19.7 Å². The molecule has 1 N–H and O–H groups in total. The molecule has 2 fully saturated rings. The van der Waals surface area contributed by atoms with Gasteiger partial charge in [-0.2, -0.15) is 5.10 Å². The Kier molecular flexibility index (Phi) is 6.06. The first-order valence-electron chi connectivity index (χ1n) is 12.1. The molecule has 0 bridgehead atoms. The van der Waals surface area contributed by atoms with E-state index in [0.29, 0.717) is 24.2 Å². The number of rotatable bonds is 8. The van der Waals surface area contributed by atoms with Gasteiger partial charge in [-0.15, -0.1) is 5.10 Å². The number of hydrogen-bond donors (Lipinski definition) is 1. The van der Waals surface area contributed by atoms with Crippen LogP contribution in [0.4, 0.5) is 20.3 Å². The number of hydrogen-bond acceptors (Lipinski definition) is 5. The molecule has 2 aliphatic rings. The molecular weight excluding hydrogens is 516 g/mol. The normalized spacial score (nSPS) is 16.4. The Bertz CT molecular complexity index is 1400. The minimum Gasteiger partial charge on any atom is -0.492 e. The Balaban J connectivity index is 1.37. The van der Waals surface area contributed by atoms with E-state index in [-0.39, 0.29) is 0 Å². The van der Waals surface area contributed by atoms with E-state index in [1.54, 1.807) is 6.20 Å². The monoisotopic (exact) mass is 541 g/mol. The average Bonchev–Trinajstić information content (AvgIpc) is 3.44. The average molecular weight is 542 g/mol. The van der Waals surface area contributed by atoms with Gasteiger partial charge in [0.25, 0.3) is 0 Å². The molecule has 9 heteroatoms. The first-order valence-corrected chi connectivity index (χ1v) is 12.9. The lowest BCUT2D eigenvalue weighted by molar-refractivity contribution is 0.262. The summed E-state index contributed by atoms with van der Waals surface area (Å²) in [6, 6.07) is 8.28. The predicted molar refractivity (Wildman–Crippen MR) is 136 cm³/mol. The smallest absolute Gasteiger partial charge is 0.163 e. The zero-order valence-electron chi connectivity index (χ0n) is 19.2. The number of aromatic nitrogens is 3. The van der Waals surface area contributed by atoms with Gasteiger partial charge in [-0.05, 0) is 85.4 Å². The van der Waals surface area contributed by atoms with E-state index in [9.17, 15) is 8.78 Å². The molecular formula is C26H26BrF2N5O. The lowest BCUT2D eigenvalue weighted by Gasteiger charge is -2.15. The molecule has 2 aromatic heterocycles. The van der Waals surface area contributed by atoms with Crippen molar-refractivity contribution >= 4 is 49.2 Å². The standard InChI is InChI=1S/C26H26BrF2N5O/c27-19-14-22-18(13-24(19)35-11-3-10-33-8-1-2-9-33)25-23(34(22)17-5-6-17)15-30-32-26(25)31-16-4-7-20(28)21(29)12-16/h4,7,12-15,17H,1-3,5-6,8-11H2,(H,31,32). The maximum atomic E-state index is 13.8. The number of nitrogens with zero attached hydrogens (tertiary/aromatic N) is 4. The second-order valence-corrected chi connectivity index (χ2v) is 10.2. The maximum absolute atomic E-state index is 13.8. The van der Waals surface area contributed by atoms with Crippen molar-refractivity contribution in [3.05, 3.63) is 52.6 Å². The molecule has 1 saturated heterocycles. The second-order valence-electron chi connectivity index (χ2n) is 9.36. The SMILES string of the molecule is Fc1ccc(Nc2nncc3c2c2cc(OCCCN4CCCC4)c(Br)cc2n3C2CC2)cc1F. The summed E-state index contributed by atoms with van der Waals surface area (Å²) in [4.78, 5) is 2.49. The van der Waals surface area contributed by atoms with Gasteiger partial charge >= 0.3 is 0 Å². The summed E-state index contributed by atoms with van der Waals surface area (Å²) in [7, 11) is 0. The fourth-order valence-electron chi connectivity index (χ4n) is 5.01. The van der Waals surface area contributed by atoms with Crippen LogP contribution in [0.2, 0.25) is 0 Å². The summed E-state index contributed by atoms with van der Waals surface area (Å²) in [5.41, 5.74) is 2.44. The fraction of sp³-hybridized carbons (Fsp3) is 0.385. The third kappa shape index (κ3) is 4.47. The maximum Gasteiger partial charge on any atom is 0.163 e. The van der Waals surface area contributed by atoms with Crippen molar-refractivity contribution in [2.24, 2.45) is 0 Å². The van der Waals surface area contributed by atoms with Gasteiger partial charge in [-0.3, -0.25) is 0 Å². The highest BCUT2D eigenvalue weighted by Gasteiger charge is 2.29. The molecule has 0 spiro atoms. The Hall–Kier alpha value is -2.78. The molecule has 0 amide bonds. The van der Waals surface area contributed by atoms with Crippen molar-refractivity contribution in [2.45, 2.75) is 38.1 Å². The van der Waals surface area contributed by atoms with E-state index in [0.717, 1.165) is 70.0 Å². The molecule has 3 heterocycles. The minimum atomic E-state index is -0.913. The van der Waals surface area contributed by atoms with Crippen molar-refractivity contribution < 1.29 is 13.5 Å². The third-order valence-electron chi connectivity index (χ3n) is 6.84. The van der Waals surface area contributed by atoms with E-state index in [4.69, 9.17) is 4.74 Å². The molecule has 1 aliphatic carbocycles. The van der Waals surface area contributed by atoms with Gasteiger partial charge in [0.15, 0.2) is 17.5 Å². The quantitative estimate of drug-likeness (QED) is 0.256. The van der Waals surface area contributed by atoms with Gasteiger partial charge in [-0.25, -0.2) is 8.78 Å². The fourth-order valence-corrected chi connectivity index (χ4v) is 5.45. The van der Waals surface area contributed by atoms with Gasteiger partial charge in [0.05, 0.1) is 33.7 Å². The lowest BCUT2D eigenvalue weighted by Crippen LogP contribution is -2.21. The van der Waals surface area contributed by atoms with Crippen LogP contribution in [-0.4, -0.2) is 45.9 Å². The Morgan fingerprint density at radius 2 is 1.89 bits per heavy atom. The molecule has 0 radical (unpaired) electrons. The van der Waals surface area contributed by atoms with Crippen molar-refractivity contribution in [2.75, 3.05) is 31.6 Å². The van der Waals surface area contributed by atoms with Crippen LogP contribution in [0, 0.1) is 11.6 Å². The molecule has 35 heavy (non-hydrogen) atoms. The molecule has 0 atom stereocenters. The van der Waals surface area contributed by atoms with E-state index in [1.165, 1.54) is 32.0 Å². The number of likely N-dealkylation sites (tertiary alicyclic amines) is 1. The highest BCUT2D eigenvalue weighted by Crippen LogP contribution is 2.46. The van der Waals surface area contributed by atoms with Crippen LogP contribution in [0.1, 0.15) is 38.1 Å². The van der Waals surface area contributed by atoms with Crippen molar-refractivity contribution in [1.29, 1.82) is 0 Å². The lowest BCUT2D eigenvalue weighted by atomic mass is 10.1. The molecule has 0 unspecified atom stereocenters. The number of nitrogens with one attached hydrogen (secondary N) is 1. The van der Waals surface area contributed by atoms with Crippen LogP contribution < -0.4 is 10.1 Å². The van der Waals surface area contributed by atoms with Gasteiger partial charge in [0, 0.05) is 29.7 Å². The van der Waals surface area contributed by atoms with Gasteiger partial charge < -0.3 is 19.5 Å². The molecule has 4 aromatic rings. The molecule has 6 nitrogen and oxygen atoms in total. The molecule has 2 aromatic carbocycles. The van der Waals surface area contributed by atoms with Crippen molar-refractivity contribution in [3.63, 3.8) is 0 Å². The summed E-state index contributed by atoms with van der Waals surface area (Å²) in [6.07, 6.45) is 7.55. The zero-order chi connectivity index (χ0) is 23.9. The minimum absolute atomic E-state index is 0.411. The predicted octanol–water partition coefficient (Wildman–Crippen LogP) is 6.57. The number of anilines is 2. The van der Waals surface area contributed by atoms with Crippen LogP contribution in [0.5, 0.6) is 5.75 Å². The summed E-state index contributed by atoms with van der Waals surface area (Å²) < 4.78 is 36.7. The Labute approximate surface area is 210 Å². The van der Waals surface area contributed by atoms with Crippen molar-refractivity contribution in [3.8, 4) is 5.75 Å². The van der Waals surface area contributed by atoms with E-state index < -0.39 is 11.6 Å². The Morgan fingerprint density at radius 3 is 2.66 bits per heavy atom. The Morgan fingerprint density at radius 1 is 1.06 bits per heavy atom. The van der Waals surface area contributed by atoms with E-state index >= 15 is 0 Å². The molecule has 6 rings (SSSR count). The van der Waals surface area contributed by atoms with Crippen LogP contribution >= 0.6 is 15.9 Å².